The Balaban J connectivity index is 1.48. The lowest BCUT2D eigenvalue weighted by molar-refractivity contribution is -0.384. The van der Waals surface area contributed by atoms with Crippen molar-refractivity contribution in [3.63, 3.8) is 0 Å². The molecule has 1 fully saturated rings. The number of rotatable bonds is 6. The lowest BCUT2D eigenvalue weighted by Gasteiger charge is -2.12. The summed E-state index contributed by atoms with van der Waals surface area (Å²) in [7, 11) is 0. The minimum absolute atomic E-state index is 0.0453. The molecule has 0 bridgehead atoms. The van der Waals surface area contributed by atoms with Crippen LogP contribution in [0.25, 0.3) is 17.0 Å². The molecule has 1 saturated heterocycles. The molecule has 180 valence electrons. The van der Waals surface area contributed by atoms with Gasteiger partial charge in [-0.05, 0) is 37.1 Å². The van der Waals surface area contributed by atoms with Crippen LogP contribution < -0.4 is 5.32 Å². The summed E-state index contributed by atoms with van der Waals surface area (Å²) in [5.41, 5.74) is 5.86. The Morgan fingerprint density at radius 1 is 0.917 bits per heavy atom. The molecule has 36 heavy (non-hydrogen) atoms. The average Bonchev–Trinajstić information content (AvgIpc) is 3.27. The van der Waals surface area contributed by atoms with Crippen LogP contribution in [0.1, 0.15) is 27.9 Å². The first-order valence-corrected chi connectivity index (χ1v) is 11.5. The molecule has 1 aliphatic rings. The molecule has 0 unspecified atom stereocenters. The maximum absolute atomic E-state index is 13.2. The Kier molecular flexibility index (Phi) is 5.85. The van der Waals surface area contributed by atoms with E-state index in [1.54, 1.807) is 18.2 Å². The topological polar surface area (TPSA) is 97.5 Å². The van der Waals surface area contributed by atoms with Crippen LogP contribution in [0.2, 0.25) is 0 Å². The number of hydrogen-bond acceptors (Lipinski definition) is 4. The van der Waals surface area contributed by atoms with Crippen molar-refractivity contribution in [1.82, 2.24) is 14.8 Å². The van der Waals surface area contributed by atoms with Gasteiger partial charge in [0.25, 0.3) is 11.6 Å². The van der Waals surface area contributed by atoms with Gasteiger partial charge in [-0.2, -0.15) is 0 Å². The second-order valence-electron chi connectivity index (χ2n) is 8.89. The number of benzene rings is 3. The fourth-order valence-corrected chi connectivity index (χ4v) is 4.60. The molecule has 1 N–H and O–H groups in total. The molecule has 1 aliphatic heterocycles. The number of nitrogens with one attached hydrogen (secondary N) is 1. The second kappa shape index (κ2) is 9.14. The van der Waals surface area contributed by atoms with Crippen LogP contribution in [0.3, 0.4) is 0 Å². The SMILES string of the molecule is Cc1cccc(CN2C(=O)N/C(=C/c3c(C)n(Cc4ccc([N+](=O)[O-])cc4)c4ccccc34)C2=O)c1. The van der Waals surface area contributed by atoms with E-state index < -0.39 is 11.0 Å². The molecule has 0 atom stereocenters. The number of carbonyl (C=O) groups excluding carboxylic acids is 2. The molecule has 0 saturated carbocycles. The number of urea groups is 1. The van der Waals surface area contributed by atoms with E-state index in [1.165, 1.54) is 17.0 Å². The highest BCUT2D eigenvalue weighted by Gasteiger charge is 2.34. The van der Waals surface area contributed by atoms with Crippen molar-refractivity contribution in [2.24, 2.45) is 0 Å². The van der Waals surface area contributed by atoms with Crippen molar-refractivity contribution in [2.45, 2.75) is 26.9 Å². The number of amides is 3. The third kappa shape index (κ3) is 4.24. The molecule has 0 aliphatic carbocycles. The van der Waals surface area contributed by atoms with E-state index in [0.29, 0.717) is 6.54 Å². The van der Waals surface area contributed by atoms with E-state index >= 15 is 0 Å². The zero-order valence-corrected chi connectivity index (χ0v) is 19.9. The van der Waals surface area contributed by atoms with Gasteiger partial charge >= 0.3 is 6.03 Å². The maximum Gasteiger partial charge on any atom is 0.329 e. The summed E-state index contributed by atoms with van der Waals surface area (Å²) in [6.07, 6.45) is 1.74. The van der Waals surface area contributed by atoms with Crippen LogP contribution in [0.15, 0.2) is 78.5 Å². The van der Waals surface area contributed by atoms with Gasteiger partial charge in [-0.3, -0.25) is 19.8 Å². The number of aryl methyl sites for hydroxylation is 1. The first-order valence-electron chi connectivity index (χ1n) is 11.5. The smallest absolute Gasteiger partial charge is 0.329 e. The third-order valence-corrected chi connectivity index (χ3v) is 6.44. The van der Waals surface area contributed by atoms with Gasteiger partial charge in [-0.1, -0.05) is 60.2 Å². The quantitative estimate of drug-likeness (QED) is 0.175. The first kappa shape index (κ1) is 23.0. The molecule has 5 rings (SSSR count). The summed E-state index contributed by atoms with van der Waals surface area (Å²) in [6.45, 7) is 4.64. The summed E-state index contributed by atoms with van der Waals surface area (Å²) in [6, 6.07) is 21.6. The summed E-state index contributed by atoms with van der Waals surface area (Å²) < 4.78 is 2.11. The first-order chi connectivity index (χ1) is 17.3. The monoisotopic (exact) mass is 480 g/mol. The van der Waals surface area contributed by atoms with Gasteiger partial charge in [0.2, 0.25) is 0 Å². The van der Waals surface area contributed by atoms with Gasteiger partial charge < -0.3 is 9.88 Å². The predicted molar refractivity (Wildman–Crippen MR) is 137 cm³/mol. The predicted octanol–water partition coefficient (Wildman–Crippen LogP) is 5.31. The molecule has 1 aromatic heterocycles. The summed E-state index contributed by atoms with van der Waals surface area (Å²) in [5.74, 6) is -0.367. The van der Waals surface area contributed by atoms with Crippen molar-refractivity contribution < 1.29 is 14.5 Å². The van der Waals surface area contributed by atoms with Crippen LogP contribution in [-0.4, -0.2) is 26.3 Å². The van der Waals surface area contributed by atoms with Gasteiger partial charge in [0, 0.05) is 40.8 Å². The Labute approximate surface area is 207 Å². The Hall–Kier alpha value is -4.72. The van der Waals surface area contributed by atoms with Gasteiger partial charge in [-0.25, -0.2) is 4.79 Å². The van der Waals surface area contributed by atoms with E-state index in [4.69, 9.17) is 0 Å². The highest BCUT2D eigenvalue weighted by Crippen LogP contribution is 2.30. The molecule has 8 heteroatoms. The third-order valence-electron chi connectivity index (χ3n) is 6.44. The molecule has 3 amide bonds. The van der Waals surface area contributed by atoms with Crippen LogP contribution in [0.5, 0.6) is 0 Å². The van der Waals surface area contributed by atoms with Crippen LogP contribution in [-0.2, 0) is 17.9 Å². The molecule has 4 aromatic rings. The van der Waals surface area contributed by atoms with E-state index in [-0.39, 0.29) is 23.8 Å². The highest BCUT2D eigenvalue weighted by atomic mass is 16.6. The molecule has 3 aromatic carbocycles. The summed E-state index contributed by atoms with van der Waals surface area (Å²) >= 11 is 0. The van der Waals surface area contributed by atoms with Crippen molar-refractivity contribution in [2.75, 3.05) is 0 Å². The minimum Gasteiger partial charge on any atom is -0.340 e. The molecular weight excluding hydrogens is 456 g/mol. The summed E-state index contributed by atoms with van der Waals surface area (Å²) in [5, 5.41) is 14.7. The summed E-state index contributed by atoms with van der Waals surface area (Å²) in [4.78, 5) is 37.6. The van der Waals surface area contributed by atoms with Crippen LogP contribution in [0, 0.1) is 24.0 Å². The van der Waals surface area contributed by atoms with Crippen molar-refractivity contribution in [3.05, 3.63) is 117 Å². The fraction of sp³-hybridized carbons (Fsp3) is 0.143. The normalized spacial score (nSPS) is 14.6. The number of nitro groups is 1. The number of nitro benzene ring substituents is 1. The van der Waals surface area contributed by atoms with Crippen molar-refractivity contribution in [1.29, 1.82) is 0 Å². The molecule has 8 nitrogen and oxygen atoms in total. The van der Waals surface area contributed by atoms with Gasteiger partial charge in [0.15, 0.2) is 0 Å². The highest BCUT2D eigenvalue weighted by molar-refractivity contribution is 6.14. The minimum atomic E-state index is -0.444. The van der Waals surface area contributed by atoms with Gasteiger partial charge in [-0.15, -0.1) is 0 Å². The lowest BCUT2D eigenvalue weighted by atomic mass is 10.1. The van der Waals surface area contributed by atoms with Gasteiger partial charge in [0.1, 0.15) is 5.70 Å². The van der Waals surface area contributed by atoms with E-state index in [2.05, 4.69) is 9.88 Å². The van der Waals surface area contributed by atoms with Gasteiger partial charge in [0.05, 0.1) is 11.5 Å². The Bertz CT molecular complexity index is 1550. The van der Waals surface area contributed by atoms with E-state index in [1.807, 2.05) is 62.4 Å². The van der Waals surface area contributed by atoms with Crippen LogP contribution in [0.4, 0.5) is 10.5 Å². The van der Waals surface area contributed by atoms with Crippen molar-refractivity contribution >= 4 is 34.6 Å². The zero-order valence-electron chi connectivity index (χ0n) is 19.9. The Morgan fingerprint density at radius 3 is 2.39 bits per heavy atom. The van der Waals surface area contributed by atoms with Crippen molar-refractivity contribution in [3.8, 4) is 0 Å². The standard InChI is InChI=1S/C28H24N4O4/c1-18-6-5-7-21(14-18)17-31-27(33)25(29-28(31)34)15-24-19(2)30(26-9-4-3-8-23(24)26)16-20-10-12-22(13-11-20)32(35)36/h3-15H,16-17H2,1-2H3,(H,29,34)/b25-15+. The molecule has 0 spiro atoms. The lowest BCUT2D eigenvalue weighted by Crippen LogP contribution is -2.30. The van der Waals surface area contributed by atoms with Crippen LogP contribution >= 0.6 is 0 Å². The fourth-order valence-electron chi connectivity index (χ4n) is 4.60. The number of fused-ring (bicyclic) bond motifs is 1. The number of hydrogen-bond donors (Lipinski definition) is 1. The second-order valence-corrected chi connectivity index (χ2v) is 8.89. The number of aromatic nitrogens is 1. The number of carbonyl (C=O) groups is 2. The Morgan fingerprint density at radius 2 is 1.67 bits per heavy atom. The average molecular weight is 481 g/mol. The van der Waals surface area contributed by atoms with E-state index in [9.17, 15) is 19.7 Å². The number of imide groups is 1. The maximum atomic E-state index is 13.2. The zero-order chi connectivity index (χ0) is 25.4. The molecule has 2 heterocycles. The molecular formula is C28H24N4O4. The number of nitrogens with zero attached hydrogens (tertiary/aromatic N) is 3. The molecule has 0 radical (unpaired) electrons. The number of non-ortho nitro benzene ring substituents is 1. The van der Waals surface area contributed by atoms with E-state index in [0.717, 1.165) is 38.9 Å². The largest absolute Gasteiger partial charge is 0.340 e. The number of para-hydroxylation sites is 1.